The predicted molar refractivity (Wildman–Crippen MR) is 56.3 cm³/mol. The Morgan fingerprint density at radius 1 is 1.25 bits per heavy atom. The monoisotopic (exact) mass is 249 g/mol. The van der Waals surface area contributed by atoms with Gasteiger partial charge in [0.15, 0.2) is 0 Å². The number of aliphatic hydroxyl groups is 3. The topological polar surface area (TPSA) is 117 Å². The van der Waals surface area contributed by atoms with E-state index in [1.165, 1.54) is 0 Å². The number of carbonyl (C=O) groups excluding carboxylic acids is 1. The molecule has 1 aromatic rings. The maximum Gasteiger partial charge on any atom is 0.320 e. The second kappa shape index (κ2) is 4.91. The number of hydrogen-bond donors (Lipinski definition) is 4. The Bertz CT molecular complexity index is 411. The molecule has 4 atom stereocenters. The number of thiol groups is 1. The van der Waals surface area contributed by atoms with Crippen LogP contribution in [-0.2, 0) is 4.79 Å². The Morgan fingerprint density at radius 3 is 2.06 bits per heavy atom. The van der Waals surface area contributed by atoms with Crippen molar-refractivity contribution in [2.75, 3.05) is 6.61 Å². The molecule has 0 fully saturated rings. The van der Waals surface area contributed by atoms with Crippen LogP contribution >= 0.6 is 12.6 Å². The van der Waals surface area contributed by atoms with E-state index in [0.29, 0.717) is 4.57 Å². The highest BCUT2D eigenvalue weighted by Crippen LogP contribution is 2.15. The number of hydrogen-bond acceptors (Lipinski definition) is 7. The Balaban J connectivity index is 2.82. The van der Waals surface area contributed by atoms with Gasteiger partial charge in [0.2, 0.25) is 0 Å². The number of nitrogens with zero attached hydrogens (tertiary/aromatic N) is 1. The standard InChI is InChI=1S/C8H11NO6S/c10-1-3(9-7(14)8(9)15)5(12)6(13)4(16)2-11/h1,3-6,11-13,16H,2H2/t3-,4+,5+,6+/m0/s1. The molecule has 0 unspecified atom stereocenters. The molecule has 16 heavy (non-hydrogen) atoms. The van der Waals surface area contributed by atoms with Gasteiger partial charge in [-0.25, -0.2) is 0 Å². The van der Waals surface area contributed by atoms with Crippen molar-refractivity contribution in [2.24, 2.45) is 0 Å². The van der Waals surface area contributed by atoms with Crippen LogP contribution in [0.2, 0.25) is 0 Å². The van der Waals surface area contributed by atoms with Crippen LogP contribution in [0, 0.1) is 0 Å². The van der Waals surface area contributed by atoms with E-state index in [-0.39, 0.29) is 6.29 Å². The molecule has 0 amide bonds. The Hall–Kier alpha value is -0.960. The first kappa shape index (κ1) is 13.1. The lowest BCUT2D eigenvalue weighted by Crippen LogP contribution is -2.42. The van der Waals surface area contributed by atoms with Crippen molar-refractivity contribution in [1.82, 2.24) is 4.57 Å². The van der Waals surface area contributed by atoms with E-state index in [1.54, 1.807) is 0 Å². The van der Waals surface area contributed by atoms with E-state index in [4.69, 9.17) is 5.11 Å². The van der Waals surface area contributed by atoms with E-state index >= 15 is 0 Å². The summed E-state index contributed by atoms with van der Waals surface area (Å²) in [7, 11) is 0. The minimum Gasteiger partial charge on any atom is -0.395 e. The molecule has 0 aliphatic heterocycles. The molecule has 0 aliphatic carbocycles. The zero-order valence-electron chi connectivity index (χ0n) is 8.05. The lowest BCUT2D eigenvalue weighted by atomic mass is 10.0. The number of aromatic nitrogens is 1. The molecular formula is C8H11NO6S. The Labute approximate surface area is 95.0 Å². The second-order valence-electron chi connectivity index (χ2n) is 3.34. The molecule has 0 radical (unpaired) electrons. The van der Waals surface area contributed by atoms with Gasteiger partial charge in [-0.15, -0.1) is 0 Å². The summed E-state index contributed by atoms with van der Waals surface area (Å²) >= 11 is 3.77. The maximum absolute atomic E-state index is 10.7. The van der Waals surface area contributed by atoms with Gasteiger partial charge in [-0.2, -0.15) is 12.6 Å². The molecule has 0 spiro atoms. The van der Waals surface area contributed by atoms with Gasteiger partial charge in [-0.05, 0) is 0 Å². The summed E-state index contributed by atoms with van der Waals surface area (Å²) in [5.74, 6) is 0. The molecule has 8 heteroatoms. The molecule has 1 rings (SSSR count). The van der Waals surface area contributed by atoms with Crippen molar-refractivity contribution >= 4 is 18.9 Å². The minimum absolute atomic E-state index is 0.189. The fourth-order valence-corrected chi connectivity index (χ4v) is 1.42. The number of rotatable bonds is 6. The number of aliphatic hydroxyl groups excluding tert-OH is 3. The van der Waals surface area contributed by atoms with Gasteiger partial charge >= 0.3 is 11.1 Å². The lowest BCUT2D eigenvalue weighted by molar-refractivity contribution is -0.116. The summed E-state index contributed by atoms with van der Waals surface area (Å²) in [5, 5.41) is 26.7. The number of aldehydes is 1. The van der Waals surface area contributed by atoms with Crippen LogP contribution in [0.25, 0.3) is 0 Å². The molecule has 7 nitrogen and oxygen atoms in total. The Morgan fingerprint density at radius 2 is 1.75 bits per heavy atom. The molecule has 0 aliphatic rings. The molecule has 0 saturated carbocycles. The van der Waals surface area contributed by atoms with E-state index in [2.05, 4.69) is 12.6 Å². The molecule has 0 aromatic carbocycles. The van der Waals surface area contributed by atoms with Crippen LogP contribution in [0.1, 0.15) is 6.04 Å². The highest BCUT2D eigenvalue weighted by molar-refractivity contribution is 7.81. The second-order valence-corrected chi connectivity index (χ2v) is 4.00. The normalized spacial score (nSPS) is 19.2. The number of carbonyl (C=O) groups is 1. The zero-order valence-corrected chi connectivity index (χ0v) is 8.95. The molecular weight excluding hydrogens is 238 g/mol. The average molecular weight is 249 g/mol. The van der Waals surface area contributed by atoms with Crippen LogP contribution in [0.4, 0.5) is 0 Å². The van der Waals surface area contributed by atoms with Gasteiger partial charge in [0.1, 0.15) is 18.4 Å². The lowest BCUT2D eigenvalue weighted by Gasteiger charge is -2.24. The third-order valence-corrected chi connectivity index (χ3v) is 2.76. The van der Waals surface area contributed by atoms with Crippen LogP contribution < -0.4 is 11.1 Å². The fourth-order valence-electron chi connectivity index (χ4n) is 1.25. The summed E-state index contributed by atoms with van der Waals surface area (Å²) in [4.78, 5) is 32.1. The molecule has 90 valence electrons. The molecule has 1 heterocycles. The van der Waals surface area contributed by atoms with Crippen LogP contribution in [0.15, 0.2) is 9.59 Å². The molecule has 0 saturated heterocycles. The highest BCUT2D eigenvalue weighted by Gasteiger charge is 2.36. The van der Waals surface area contributed by atoms with E-state index in [0.717, 1.165) is 0 Å². The van der Waals surface area contributed by atoms with Crippen LogP contribution in [0.3, 0.4) is 0 Å². The van der Waals surface area contributed by atoms with Crippen molar-refractivity contribution in [3.8, 4) is 0 Å². The van der Waals surface area contributed by atoms with Crippen LogP contribution in [-0.4, -0.2) is 50.2 Å². The van der Waals surface area contributed by atoms with E-state index in [1.807, 2.05) is 0 Å². The van der Waals surface area contributed by atoms with E-state index < -0.39 is 41.2 Å². The summed E-state index contributed by atoms with van der Waals surface area (Å²) in [6.07, 6.45) is -3.00. The van der Waals surface area contributed by atoms with Crippen molar-refractivity contribution in [1.29, 1.82) is 0 Å². The van der Waals surface area contributed by atoms with Gasteiger partial charge < -0.3 is 20.1 Å². The third kappa shape index (κ3) is 2.24. The Kier molecular flexibility index (Phi) is 4.03. The summed E-state index contributed by atoms with van der Waals surface area (Å²) < 4.78 is 0.540. The largest absolute Gasteiger partial charge is 0.395 e. The van der Waals surface area contributed by atoms with Gasteiger partial charge in [-0.3, -0.25) is 14.2 Å². The third-order valence-electron chi connectivity index (χ3n) is 2.29. The first-order valence-corrected chi connectivity index (χ1v) is 4.95. The predicted octanol–water partition coefficient (Wildman–Crippen LogP) is -3.16. The maximum atomic E-state index is 10.7. The van der Waals surface area contributed by atoms with Crippen molar-refractivity contribution in [3.05, 3.63) is 20.7 Å². The summed E-state index contributed by atoms with van der Waals surface area (Å²) in [6.45, 7) is -0.519. The molecule has 0 bridgehead atoms. The highest BCUT2D eigenvalue weighted by atomic mass is 32.1. The quantitative estimate of drug-likeness (QED) is 0.240. The first-order valence-electron chi connectivity index (χ1n) is 4.43. The van der Waals surface area contributed by atoms with Crippen molar-refractivity contribution in [3.63, 3.8) is 0 Å². The molecule has 3 N–H and O–H groups in total. The minimum atomic E-state index is -1.66. The summed E-state index contributed by atoms with van der Waals surface area (Å²) in [6, 6.07) is -1.43. The zero-order chi connectivity index (χ0) is 12.5. The van der Waals surface area contributed by atoms with Gasteiger partial charge in [0.05, 0.1) is 18.0 Å². The van der Waals surface area contributed by atoms with Crippen molar-refractivity contribution < 1.29 is 20.1 Å². The van der Waals surface area contributed by atoms with Gasteiger partial charge in [-0.1, -0.05) is 0 Å². The first-order chi connectivity index (χ1) is 7.45. The SMILES string of the molecule is O=C[C@@H]([C@@H](O)[C@H](O)[C@H](S)CO)n1c(=O)c1=O. The molecule has 1 aromatic heterocycles. The van der Waals surface area contributed by atoms with Crippen molar-refractivity contribution in [2.45, 2.75) is 23.5 Å². The smallest absolute Gasteiger partial charge is 0.320 e. The van der Waals surface area contributed by atoms with Gasteiger partial charge in [0.25, 0.3) is 0 Å². The summed E-state index contributed by atoms with van der Waals surface area (Å²) in [5.41, 5.74) is -1.77. The average Bonchev–Trinajstić information content (AvgIpc) is 2.86. The van der Waals surface area contributed by atoms with Gasteiger partial charge in [0, 0.05) is 0 Å². The fraction of sp³-hybridized carbons (Fsp3) is 0.625. The van der Waals surface area contributed by atoms with E-state index in [9.17, 15) is 24.6 Å². The van der Waals surface area contributed by atoms with Crippen LogP contribution in [0.5, 0.6) is 0 Å².